The van der Waals surface area contributed by atoms with Crippen molar-refractivity contribution in [3.05, 3.63) is 24.3 Å². The molecule has 0 radical (unpaired) electrons. The molecule has 0 spiro atoms. The van der Waals surface area contributed by atoms with Crippen molar-refractivity contribution >= 4 is 11.8 Å². The van der Waals surface area contributed by atoms with Gasteiger partial charge in [0, 0.05) is 44.9 Å². The van der Waals surface area contributed by atoms with Gasteiger partial charge in [0.25, 0.3) is 0 Å². The van der Waals surface area contributed by atoms with Gasteiger partial charge in [0.2, 0.25) is 0 Å². The van der Waals surface area contributed by atoms with Gasteiger partial charge in [-0.3, -0.25) is 0 Å². The highest BCUT2D eigenvalue weighted by Crippen LogP contribution is 2.23. The molecular weight excluding hydrogens is 304 g/mol. The number of anilines is 1. The van der Waals surface area contributed by atoms with E-state index >= 15 is 0 Å². The molecular formula is C19H30N2O3. The summed E-state index contributed by atoms with van der Waals surface area (Å²) < 4.78 is 11.4. The maximum Gasteiger partial charge on any atom is 0.410 e. The summed E-state index contributed by atoms with van der Waals surface area (Å²) in [6.45, 7) is 7.77. The maximum atomic E-state index is 12.2. The zero-order valence-electron chi connectivity index (χ0n) is 15.5. The van der Waals surface area contributed by atoms with E-state index in [1.165, 1.54) is 0 Å². The number of ether oxygens (including phenoxy) is 2. The number of likely N-dealkylation sites (tertiary alicyclic amines) is 1. The second kappa shape index (κ2) is 7.77. The average molecular weight is 334 g/mol. The first kappa shape index (κ1) is 18.4. The van der Waals surface area contributed by atoms with Crippen LogP contribution >= 0.6 is 0 Å². The van der Waals surface area contributed by atoms with Crippen LogP contribution < -0.4 is 9.64 Å². The van der Waals surface area contributed by atoms with Gasteiger partial charge in [-0.05, 0) is 45.7 Å². The Labute approximate surface area is 145 Å². The Bertz CT molecular complexity index is 552. The fraction of sp³-hybridized carbons (Fsp3) is 0.632. The van der Waals surface area contributed by atoms with Crippen LogP contribution in [0.5, 0.6) is 5.75 Å². The van der Waals surface area contributed by atoms with E-state index < -0.39 is 5.60 Å². The van der Waals surface area contributed by atoms with Gasteiger partial charge < -0.3 is 19.3 Å². The summed E-state index contributed by atoms with van der Waals surface area (Å²) in [6, 6.07) is 8.06. The van der Waals surface area contributed by atoms with Gasteiger partial charge >= 0.3 is 6.09 Å². The van der Waals surface area contributed by atoms with E-state index in [-0.39, 0.29) is 6.09 Å². The smallest absolute Gasteiger partial charge is 0.410 e. The molecule has 0 aromatic heterocycles. The summed E-state index contributed by atoms with van der Waals surface area (Å²) in [5.74, 6) is 1.21. The molecule has 1 saturated heterocycles. The lowest BCUT2D eigenvalue weighted by molar-refractivity contribution is 0.0139. The highest BCUT2D eigenvalue weighted by Gasteiger charge is 2.27. The predicted molar refractivity (Wildman–Crippen MR) is 96.8 cm³/mol. The molecule has 0 aliphatic carbocycles. The van der Waals surface area contributed by atoms with Gasteiger partial charge in [-0.1, -0.05) is 6.07 Å². The van der Waals surface area contributed by atoms with Crippen molar-refractivity contribution in [3.63, 3.8) is 0 Å². The second-order valence-corrected chi connectivity index (χ2v) is 7.64. The monoisotopic (exact) mass is 334 g/mol. The van der Waals surface area contributed by atoms with Crippen molar-refractivity contribution in [2.75, 3.05) is 38.7 Å². The van der Waals surface area contributed by atoms with Crippen molar-refractivity contribution < 1.29 is 14.3 Å². The van der Waals surface area contributed by atoms with E-state index in [1.807, 2.05) is 53.1 Å². The molecule has 1 fully saturated rings. The molecule has 1 aliphatic rings. The maximum absolute atomic E-state index is 12.2. The van der Waals surface area contributed by atoms with Gasteiger partial charge in [-0.25, -0.2) is 4.79 Å². The van der Waals surface area contributed by atoms with Gasteiger partial charge in [-0.15, -0.1) is 0 Å². The van der Waals surface area contributed by atoms with E-state index in [9.17, 15) is 4.79 Å². The summed E-state index contributed by atoms with van der Waals surface area (Å²) in [5.41, 5.74) is 0.666. The first-order valence-electron chi connectivity index (χ1n) is 8.63. The number of hydrogen-bond donors (Lipinski definition) is 0. The first-order valence-corrected chi connectivity index (χ1v) is 8.63. The van der Waals surface area contributed by atoms with E-state index in [0.717, 1.165) is 30.8 Å². The van der Waals surface area contributed by atoms with Gasteiger partial charge in [0.05, 0.1) is 6.61 Å². The fourth-order valence-electron chi connectivity index (χ4n) is 2.76. The molecule has 134 valence electrons. The third-order valence-corrected chi connectivity index (χ3v) is 3.99. The second-order valence-electron chi connectivity index (χ2n) is 7.64. The van der Waals surface area contributed by atoms with E-state index in [1.54, 1.807) is 4.90 Å². The molecule has 0 saturated carbocycles. The van der Waals surface area contributed by atoms with Crippen molar-refractivity contribution in [2.45, 2.75) is 39.2 Å². The third-order valence-electron chi connectivity index (χ3n) is 3.99. The quantitative estimate of drug-likeness (QED) is 0.840. The van der Waals surface area contributed by atoms with E-state index in [4.69, 9.17) is 9.47 Å². The molecule has 1 amide bonds. The molecule has 2 rings (SSSR count). The van der Waals surface area contributed by atoms with Crippen LogP contribution in [-0.2, 0) is 4.74 Å². The molecule has 0 bridgehead atoms. The summed E-state index contributed by atoms with van der Waals surface area (Å²) in [5, 5.41) is 0. The van der Waals surface area contributed by atoms with Gasteiger partial charge in [0.15, 0.2) is 0 Å². The van der Waals surface area contributed by atoms with Crippen LogP contribution in [-0.4, -0.2) is 50.4 Å². The minimum absolute atomic E-state index is 0.221. The standard InChI is InChI=1S/C19H30N2O3/c1-19(2,3)24-18(22)21-11-7-8-15(13-21)14-23-17-10-6-9-16(12-17)20(4)5/h6,9-10,12,15H,7-8,11,13-14H2,1-5H3. The number of piperidine rings is 1. The molecule has 5 nitrogen and oxygen atoms in total. The Morgan fingerprint density at radius 3 is 2.75 bits per heavy atom. The Kier molecular flexibility index (Phi) is 5.97. The van der Waals surface area contributed by atoms with Crippen LogP contribution in [0.2, 0.25) is 0 Å². The molecule has 0 N–H and O–H groups in total. The van der Waals surface area contributed by atoms with Crippen LogP contribution in [0.3, 0.4) is 0 Å². The van der Waals surface area contributed by atoms with Crippen LogP contribution in [0.1, 0.15) is 33.6 Å². The minimum Gasteiger partial charge on any atom is -0.493 e. The summed E-state index contributed by atoms with van der Waals surface area (Å²) in [7, 11) is 4.03. The largest absolute Gasteiger partial charge is 0.493 e. The SMILES string of the molecule is CN(C)c1cccc(OCC2CCCN(C(=O)OC(C)(C)C)C2)c1. The normalized spacial score (nSPS) is 18.2. The third kappa shape index (κ3) is 5.62. The summed E-state index contributed by atoms with van der Waals surface area (Å²) in [4.78, 5) is 16.1. The van der Waals surface area contributed by atoms with E-state index in [2.05, 4.69) is 11.0 Å². The van der Waals surface area contributed by atoms with Crippen molar-refractivity contribution in [1.82, 2.24) is 4.90 Å². The van der Waals surface area contributed by atoms with Gasteiger partial charge in [-0.2, -0.15) is 0 Å². The highest BCUT2D eigenvalue weighted by atomic mass is 16.6. The lowest BCUT2D eigenvalue weighted by atomic mass is 9.99. The van der Waals surface area contributed by atoms with Crippen molar-refractivity contribution in [3.8, 4) is 5.75 Å². The number of benzene rings is 1. The summed E-state index contributed by atoms with van der Waals surface area (Å²) >= 11 is 0. The summed E-state index contributed by atoms with van der Waals surface area (Å²) in [6.07, 6.45) is 1.85. The van der Waals surface area contributed by atoms with Crippen LogP contribution in [0.15, 0.2) is 24.3 Å². The average Bonchev–Trinajstić information content (AvgIpc) is 2.52. The fourth-order valence-corrected chi connectivity index (χ4v) is 2.76. The topological polar surface area (TPSA) is 42.0 Å². The molecule has 1 atom stereocenters. The van der Waals surface area contributed by atoms with Crippen molar-refractivity contribution in [1.29, 1.82) is 0 Å². The van der Waals surface area contributed by atoms with Crippen LogP contribution in [0.25, 0.3) is 0 Å². The van der Waals surface area contributed by atoms with Crippen LogP contribution in [0.4, 0.5) is 10.5 Å². The number of rotatable bonds is 4. The lowest BCUT2D eigenvalue weighted by Gasteiger charge is -2.34. The lowest BCUT2D eigenvalue weighted by Crippen LogP contribution is -2.44. The Hall–Kier alpha value is -1.91. The molecule has 24 heavy (non-hydrogen) atoms. The predicted octanol–water partition coefficient (Wildman–Crippen LogP) is 3.78. The zero-order chi connectivity index (χ0) is 17.7. The van der Waals surface area contributed by atoms with Crippen LogP contribution in [0, 0.1) is 5.92 Å². The number of amides is 1. The zero-order valence-corrected chi connectivity index (χ0v) is 15.5. The molecule has 1 heterocycles. The first-order chi connectivity index (χ1) is 11.2. The number of nitrogens with zero attached hydrogens (tertiary/aromatic N) is 2. The Morgan fingerprint density at radius 2 is 2.08 bits per heavy atom. The number of carbonyl (C=O) groups excluding carboxylic acids is 1. The van der Waals surface area contributed by atoms with Crippen molar-refractivity contribution in [2.24, 2.45) is 5.92 Å². The van der Waals surface area contributed by atoms with E-state index in [0.29, 0.717) is 19.1 Å². The molecule has 1 aliphatic heterocycles. The Morgan fingerprint density at radius 1 is 1.33 bits per heavy atom. The Balaban J connectivity index is 1.87. The molecule has 1 aromatic rings. The molecule has 1 aromatic carbocycles. The number of hydrogen-bond acceptors (Lipinski definition) is 4. The molecule has 1 unspecified atom stereocenters. The highest BCUT2D eigenvalue weighted by molar-refractivity contribution is 5.68. The molecule has 5 heteroatoms. The minimum atomic E-state index is -0.451. The van der Waals surface area contributed by atoms with Gasteiger partial charge in [0.1, 0.15) is 11.4 Å². The number of carbonyl (C=O) groups is 1.